The van der Waals surface area contributed by atoms with Crippen molar-refractivity contribution >= 4 is 11.8 Å². The molecule has 1 aromatic carbocycles. The Morgan fingerprint density at radius 2 is 2.31 bits per heavy atom. The summed E-state index contributed by atoms with van der Waals surface area (Å²) in [7, 11) is 1.56. The Balaban J connectivity index is 2.62. The molecule has 3 nitrogen and oxygen atoms in total. The quantitative estimate of drug-likeness (QED) is 0.741. The molecule has 1 aromatic rings. The first-order chi connectivity index (χ1) is 7.67. The maximum atomic E-state index is 12.9. The Morgan fingerprint density at radius 1 is 1.56 bits per heavy atom. The van der Waals surface area contributed by atoms with Gasteiger partial charge in [-0.2, -0.15) is 0 Å². The molecule has 0 saturated carbocycles. The van der Waals surface area contributed by atoms with E-state index >= 15 is 0 Å². The molecule has 0 aliphatic rings. The van der Waals surface area contributed by atoms with Gasteiger partial charge in [0, 0.05) is 23.3 Å². The number of hydrogen-bond donors (Lipinski definition) is 2. The topological polar surface area (TPSA) is 55.5 Å². The summed E-state index contributed by atoms with van der Waals surface area (Å²) < 4.78 is 17.9. The second kappa shape index (κ2) is 6.85. The van der Waals surface area contributed by atoms with E-state index in [1.165, 1.54) is 23.9 Å². The van der Waals surface area contributed by atoms with E-state index in [1.807, 2.05) is 0 Å². The van der Waals surface area contributed by atoms with Crippen LogP contribution in [0.4, 0.5) is 4.39 Å². The first-order valence-corrected chi connectivity index (χ1v) is 5.83. The van der Waals surface area contributed by atoms with Gasteiger partial charge in [-0.15, -0.1) is 11.8 Å². The molecule has 0 heterocycles. The molecule has 0 radical (unpaired) electrons. The molecule has 0 aliphatic carbocycles. The van der Waals surface area contributed by atoms with Crippen molar-refractivity contribution in [1.82, 2.24) is 0 Å². The SMILES string of the molecule is COCC(N)C(CO)Sc1cccc(F)c1. The molecule has 3 N–H and O–H groups in total. The van der Waals surface area contributed by atoms with E-state index in [1.54, 1.807) is 19.2 Å². The van der Waals surface area contributed by atoms with Gasteiger partial charge in [-0.05, 0) is 18.2 Å². The lowest BCUT2D eigenvalue weighted by molar-refractivity contribution is 0.167. The van der Waals surface area contributed by atoms with Gasteiger partial charge in [0.25, 0.3) is 0 Å². The number of aliphatic hydroxyl groups excluding tert-OH is 1. The molecule has 90 valence electrons. The molecule has 2 atom stereocenters. The van der Waals surface area contributed by atoms with E-state index in [2.05, 4.69) is 0 Å². The van der Waals surface area contributed by atoms with Gasteiger partial charge >= 0.3 is 0 Å². The van der Waals surface area contributed by atoms with E-state index in [9.17, 15) is 9.50 Å². The van der Waals surface area contributed by atoms with Crippen molar-refractivity contribution < 1.29 is 14.2 Å². The number of benzene rings is 1. The zero-order valence-corrected chi connectivity index (χ0v) is 9.91. The van der Waals surface area contributed by atoms with Crippen LogP contribution in [0.2, 0.25) is 0 Å². The Bertz CT molecular complexity index is 325. The first kappa shape index (κ1) is 13.4. The highest BCUT2D eigenvalue weighted by molar-refractivity contribution is 8.00. The van der Waals surface area contributed by atoms with Crippen molar-refractivity contribution in [3.05, 3.63) is 30.1 Å². The maximum Gasteiger partial charge on any atom is 0.124 e. The summed E-state index contributed by atoms with van der Waals surface area (Å²) in [6.45, 7) is 0.305. The molecule has 0 fully saturated rings. The molecule has 1 rings (SSSR count). The predicted molar refractivity (Wildman–Crippen MR) is 63.0 cm³/mol. The van der Waals surface area contributed by atoms with Crippen molar-refractivity contribution in [2.75, 3.05) is 20.3 Å². The largest absolute Gasteiger partial charge is 0.395 e. The summed E-state index contributed by atoms with van der Waals surface area (Å²) in [4.78, 5) is 0.755. The van der Waals surface area contributed by atoms with Gasteiger partial charge in [-0.25, -0.2) is 4.39 Å². The third-order valence-electron chi connectivity index (χ3n) is 2.10. The molecule has 0 aromatic heterocycles. The summed E-state index contributed by atoms with van der Waals surface area (Å²) >= 11 is 1.36. The summed E-state index contributed by atoms with van der Waals surface area (Å²) in [6.07, 6.45) is 0. The van der Waals surface area contributed by atoms with Gasteiger partial charge in [0.05, 0.1) is 13.2 Å². The van der Waals surface area contributed by atoms with Crippen LogP contribution in [0.15, 0.2) is 29.2 Å². The monoisotopic (exact) mass is 245 g/mol. The molecule has 0 saturated heterocycles. The van der Waals surface area contributed by atoms with Gasteiger partial charge < -0.3 is 15.6 Å². The highest BCUT2D eigenvalue weighted by atomic mass is 32.2. The molecular formula is C11H16FNO2S. The molecule has 0 aliphatic heterocycles. The summed E-state index contributed by atoms with van der Waals surface area (Å²) in [5.41, 5.74) is 5.83. The second-order valence-corrected chi connectivity index (χ2v) is 4.73. The fourth-order valence-corrected chi connectivity index (χ4v) is 2.29. The van der Waals surface area contributed by atoms with Crippen molar-refractivity contribution in [2.45, 2.75) is 16.2 Å². The van der Waals surface area contributed by atoms with Gasteiger partial charge in [0.15, 0.2) is 0 Å². The van der Waals surface area contributed by atoms with Crippen LogP contribution >= 0.6 is 11.8 Å². The number of halogens is 1. The highest BCUT2D eigenvalue weighted by Gasteiger charge is 2.18. The van der Waals surface area contributed by atoms with Crippen molar-refractivity contribution in [1.29, 1.82) is 0 Å². The lowest BCUT2D eigenvalue weighted by Crippen LogP contribution is -2.38. The molecule has 2 unspecified atom stereocenters. The highest BCUT2D eigenvalue weighted by Crippen LogP contribution is 2.25. The predicted octanol–water partition coefficient (Wildman–Crippen LogP) is 1.25. The lowest BCUT2D eigenvalue weighted by Gasteiger charge is -2.20. The fraction of sp³-hybridized carbons (Fsp3) is 0.455. The van der Waals surface area contributed by atoms with Crippen molar-refractivity contribution in [3.8, 4) is 0 Å². The zero-order valence-electron chi connectivity index (χ0n) is 9.10. The Labute approximate surface area is 98.8 Å². The minimum absolute atomic E-state index is 0.0638. The van der Waals surface area contributed by atoms with Gasteiger partial charge in [0.1, 0.15) is 5.82 Å². The number of aliphatic hydroxyl groups is 1. The van der Waals surface area contributed by atoms with E-state index in [0.29, 0.717) is 6.61 Å². The van der Waals surface area contributed by atoms with E-state index < -0.39 is 0 Å². The molecular weight excluding hydrogens is 229 g/mol. The number of methoxy groups -OCH3 is 1. The molecule has 0 bridgehead atoms. The number of hydrogen-bond acceptors (Lipinski definition) is 4. The fourth-order valence-electron chi connectivity index (χ4n) is 1.27. The van der Waals surface area contributed by atoms with Crippen LogP contribution in [0, 0.1) is 5.82 Å². The first-order valence-electron chi connectivity index (χ1n) is 4.95. The van der Waals surface area contributed by atoms with Crippen LogP contribution < -0.4 is 5.73 Å². The molecule has 0 amide bonds. The number of ether oxygens (including phenoxy) is 1. The third-order valence-corrected chi connectivity index (χ3v) is 3.43. The molecule has 5 heteroatoms. The van der Waals surface area contributed by atoms with Crippen LogP contribution in [0.3, 0.4) is 0 Å². The van der Waals surface area contributed by atoms with Crippen molar-refractivity contribution in [3.63, 3.8) is 0 Å². The van der Waals surface area contributed by atoms with Crippen molar-refractivity contribution in [2.24, 2.45) is 5.73 Å². The van der Waals surface area contributed by atoms with E-state index in [0.717, 1.165) is 4.90 Å². The average Bonchev–Trinajstić information content (AvgIpc) is 2.26. The van der Waals surface area contributed by atoms with E-state index in [4.69, 9.17) is 10.5 Å². The van der Waals surface area contributed by atoms with Gasteiger partial charge in [0.2, 0.25) is 0 Å². The minimum Gasteiger partial charge on any atom is -0.395 e. The van der Waals surface area contributed by atoms with Gasteiger partial charge in [-0.1, -0.05) is 6.07 Å². The Morgan fingerprint density at radius 3 is 2.88 bits per heavy atom. The summed E-state index contributed by atoms with van der Waals surface area (Å²) in [6, 6.07) is 5.95. The average molecular weight is 245 g/mol. The summed E-state index contributed by atoms with van der Waals surface area (Å²) in [5, 5.41) is 9.01. The van der Waals surface area contributed by atoms with Crippen LogP contribution in [0.25, 0.3) is 0 Å². The minimum atomic E-state index is -0.290. The number of nitrogens with two attached hydrogens (primary N) is 1. The number of thioether (sulfide) groups is 1. The summed E-state index contributed by atoms with van der Waals surface area (Å²) in [5.74, 6) is -0.290. The Kier molecular flexibility index (Phi) is 5.76. The van der Waals surface area contributed by atoms with Crippen LogP contribution in [0.5, 0.6) is 0 Å². The number of rotatable bonds is 6. The smallest absolute Gasteiger partial charge is 0.124 e. The van der Waals surface area contributed by atoms with E-state index in [-0.39, 0.29) is 23.7 Å². The zero-order chi connectivity index (χ0) is 12.0. The third kappa shape index (κ3) is 4.09. The van der Waals surface area contributed by atoms with Crippen LogP contribution in [-0.2, 0) is 4.74 Å². The standard InChI is InChI=1S/C11H16FNO2S/c1-15-7-10(13)11(6-14)16-9-4-2-3-8(12)5-9/h2-5,10-11,14H,6-7,13H2,1H3. The molecule has 0 spiro atoms. The maximum absolute atomic E-state index is 12.9. The van der Waals surface area contributed by atoms with Gasteiger partial charge in [-0.3, -0.25) is 0 Å². The Hall–Kier alpha value is -0.620. The van der Waals surface area contributed by atoms with Crippen LogP contribution in [-0.4, -0.2) is 36.7 Å². The second-order valence-electron chi connectivity index (χ2n) is 3.42. The lowest BCUT2D eigenvalue weighted by atomic mass is 10.2. The molecule has 16 heavy (non-hydrogen) atoms. The normalized spacial score (nSPS) is 14.8. The van der Waals surface area contributed by atoms with Crippen LogP contribution in [0.1, 0.15) is 0 Å².